The Bertz CT molecular complexity index is 453. The molecule has 3 rings (SSSR count). The van der Waals surface area contributed by atoms with Crippen LogP contribution in [-0.4, -0.2) is 37.0 Å². The second kappa shape index (κ2) is 4.97. The first-order valence-electron chi connectivity index (χ1n) is 7.26. The van der Waals surface area contributed by atoms with Crippen LogP contribution in [0.2, 0.25) is 0 Å². The SMILES string of the molecule is CN1CCCC(NC(=O)C2(c3ccccc3)CC2)C1. The average Bonchev–Trinajstić information content (AvgIpc) is 3.21. The first-order valence-corrected chi connectivity index (χ1v) is 7.26. The van der Waals surface area contributed by atoms with Crippen LogP contribution in [0.15, 0.2) is 30.3 Å². The van der Waals surface area contributed by atoms with Crippen molar-refractivity contribution >= 4 is 5.91 Å². The van der Waals surface area contributed by atoms with Gasteiger partial charge in [0.1, 0.15) is 0 Å². The van der Waals surface area contributed by atoms with Crippen molar-refractivity contribution in [3.8, 4) is 0 Å². The average molecular weight is 258 g/mol. The number of likely N-dealkylation sites (N-methyl/N-ethyl adjacent to an activating group) is 1. The fourth-order valence-corrected chi connectivity index (χ4v) is 3.14. The molecule has 1 heterocycles. The number of rotatable bonds is 3. The number of benzene rings is 1. The van der Waals surface area contributed by atoms with Gasteiger partial charge in [-0.1, -0.05) is 30.3 Å². The largest absolute Gasteiger partial charge is 0.351 e. The van der Waals surface area contributed by atoms with Crippen molar-refractivity contribution in [2.75, 3.05) is 20.1 Å². The molecule has 2 aliphatic rings. The lowest BCUT2D eigenvalue weighted by Gasteiger charge is -2.31. The molecule has 1 unspecified atom stereocenters. The maximum absolute atomic E-state index is 12.6. The highest BCUT2D eigenvalue weighted by molar-refractivity contribution is 5.91. The molecule has 1 saturated carbocycles. The highest BCUT2D eigenvalue weighted by Gasteiger charge is 2.51. The van der Waals surface area contributed by atoms with Gasteiger partial charge in [-0.2, -0.15) is 0 Å². The number of amides is 1. The Morgan fingerprint density at radius 3 is 2.68 bits per heavy atom. The van der Waals surface area contributed by atoms with Crippen LogP contribution < -0.4 is 5.32 Å². The minimum Gasteiger partial charge on any atom is -0.351 e. The third-order valence-electron chi connectivity index (χ3n) is 4.47. The highest BCUT2D eigenvalue weighted by Crippen LogP contribution is 2.48. The van der Waals surface area contributed by atoms with Gasteiger partial charge in [0.25, 0.3) is 0 Å². The van der Waals surface area contributed by atoms with Crippen molar-refractivity contribution in [3.05, 3.63) is 35.9 Å². The summed E-state index contributed by atoms with van der Waals surface area (Å²) in [5.74, 6) is 0.235. The van der Waals surface area contributed by atoms with Crippen LogP contribution in [0.3, 0.4) is 0 Å². The van der Waals surface area contributed by atoms with Gasteiger partial charge in [0.15, 0.2) is 0 Å². The van der Waals surface area contributed by atoms with Crippen LogP contribution in [0.4, 0.5) is 0 Å². The maximum Gasteiger partial charge on any atom is 0.230 e. The molecular weight excluding hydrogens is 236 g/mol. The van der Waals surface area contributed by atoms with Gasteiger partial charge in [-0.3, -0.25) is 4.79 Å². The van der Waals surface area contributed by atoms with Crippen LogP contribution in [0.25, 0.3) is 0 Å². The molecule has 1 aromatic carbocycles. The molecular formula is C16H22N2O. The fraction of sp³-hybridized carbons (Fsp3) is 0.562. The van der Waals surface area contributed by atoms with E-state index in [0.29, 0.717) is 6.04 Å². The zero-order chi connectivity index (χ0) is 13.3. The van der Waals surface area contributed by atoms with Crippen molar-refractivity contribution in [2.24, 2.45) is 0 Å². The number of nitrogens with one attached hydrogen (secondary N) is 1. The smallest absolute Gasteiger partial charge is 0.230 e. The molecule has 3 heteroatoms. The van der Waals surface area contributed by atoms with Crippen molar-refractivity contribution in [2.45, 2.75) is 37.1 Å². The molecule has 1 saturated heterocycles. The predicted molar refractivity (Wildman–Crippen MR) is 76.0 cm³/mol. The van der Waals surface area contributed by atoms with Crippen LogP contribution >= 0.6 is 0 Å². The van der Waals surface area contributed by atoms with Gasteiger partial charge in [0, 0.05) is 12.6 Å². The molecule has 3 nitrogen and oxygen atoms in total. The van der Waals surface area contributed by atoms with Gasteiger partial charge in [-0.05, 0) is 44.8 Å². The monoisotopic (exact) mass is 258 g/mol. The van der Waals surface area contributed by atoms with E-state index in [1.165, 1.54) is 12.0 Å². The summed E-state index contributed by atoms with van der Waals surface area (Å²) >= 11 is 0. The lowest BCUT2D eigenvalue weighted by atomic mass is 9.94. The Labute approximate surface area is 115 Å². The van der Waals surface area contributed by atoms with E-state index in [0.717, 1.165) is 32.4 Å². The highest BCUT2D eigenvalue weighted by atomic mass is 16.2. The molecule has 1 amide bonds. The first-order chi connectivity index (χ1) is 9.21. The van der Waals surface area contributed by atoms with Gasteiger partial charge >= 0.3 is 0 Å². The third kappa shape index (κ3) is 2.52. The molecule has 0 spiro atoms. The molecule has 1 atom stereocenters. The third-order valence-corrected chi connectivity index (χ3v) is 4.47. The van der Waals surface area contributed by atoms with E-state index in [2.05, 4.69) is 29.4 Å². The van der Waals surface area contributed by atoms with Crippen LogP contribution in [-0.2, 0) is 10.2 Å². The molecule has 1 aliphatic carbocycles. The Morgan fingerprint density at radius 1 is 1.32 bits per heavy atom. The van der Waals surface area contributed by atoms with Gasteiger partial charge in [-0.25, -0.2) is 0 Å². The fourth-order valence-electron chi connectivity index (χ4n) is 3.14. The maximum atomic E-state index is 12.6. The molecule has 1 aromatic rings. The number of nitrogens with zero attached hydrogens (tertiary/aromatic N) is 1. The van der Waals surface area contributed by atoms with E-state index >= 15 is 0 Å². The number of piperidine rings is 1. The Morgan fingerprint density at radius 2 is 2.05 bits per heavy atom. The summed E-state index contributed by atoms with van der Waals surface area (Å²) in [5, 5.41) is 3.27. The van der Waals surface area contributed by atoms with Gasteiger partial charge in [0.05, 0.1) is 5.41 Å². The van der Waals surface area contributed by atoms with Crippen LogP contribution in [0.5, 0.6) is 0 Å². The first kappa shape index (κ1) is 12.7. The number of hydrogen-bond donors (Lipinski definition) is 1. The second-order valence-corrected chi connectivity index (χ2v) is 6.02. The summed E-state index contributed by atoms with van der Waals surface area (Å²) < 4.78 is 0. The van der Waals surface area contributed by atoms with E-state index in [9.17, 15) is 4.79 Å². The summed E-state index contributed by atoms with van der Waals surface area (Å²) in [7, 11) is 2.13. The molecule has 0 aromatic heterocycles. The minimum absolute atomic E-state index is 0.225. The van der Waals surface area contributed by atoms with Crippen molar-refractivity contribution < 1.29 is 4.79 Å². The Balaban J connectivity index is 1.67. The second-order valence-electron chi connectivity index (χ2n) is 6.02. The quantitative estimate of drug-likeness (QED) is 0.898. The summed E-state index contributed by atoms with van der Waals surface area (Å²) in [5.41, 5.74) is 0.953. The van der Waals surface area contributed by atoms with Crippen molar-refractivity contribution in [3.63, 3.8) is 0 Å². The van der Waals surface area contributed by atoms with E-state index in [1.807, 2.05) is 18.2 Å². The molecule has 0 bridgehead atoms. The zero-order valence-electron chi connectivity index (χ0n) is 11.6. The molecule has 2 fully saturated rings. The van der Waals surface area contributed by atoms with Crippen LogP contribution in [0, 0.1) is 0 Å². The molecule has 102 valence electrons. The topological polar surface area (TPSA) is 32.3 Å². The Hall–Kier alpha value is -1.35. The zero-order valence-corrected chi connectivity index (χ0v) is 11.6. The predicted octanol–water partition coefficient (Wildman–Crippen LogP) is 1.93. The van der Waals surface area contributed by atoms with Crippen molar-refractivity contribution in [1.29, 1.82) is 0 Å². The normalized spacial score (nSPS) is 25.8. The summed E-state index contributed by atoms with van der Waals surface area (Å²) in [6.45, 7) is 2.13. The number of carbonyl (C=O) groups excluding carboxylic acids is 1. The van der Waals surface area contributed by atoms with Crippen molar-refractivity contribution in [1.82, 2.24) is 10.2 Å². The van der Waals surface area contributed by atoms with E-state index in [1.54, 1.807) is 0 Å². The molecule has 0 radical (unpaired) electrons. The van der Waals surface area contributed by atoms with Gasteiger partial charge in [0.2, 0.25) is 5.91 Å². The Kier molecular flexibility index (Phi) is 3.31. The lowest BCUT2D eigenvalue weighted by molar-refractivity contribution is -0.124. The standard InChI is InChI=1S/C16H22N2O/c1-18-11-5-8-14(12-18)17-15(19)16(9-10-16)13-6-3-2-4-7-13/h2-4,6-7,14H,5,8-12H2,1H3,(H,17,19). The van der Waals surface area contributed by atoms with Gasteiger partial charge in [-0.15, -0.1) is 0 Å². The number of carbonyl (C=O) groups is 1. The number of likely N-dealkylation sites (tertiary alicyclic amines) is 1. The summed E-state index contributed by atoms with van der Waals surface area (Å²) in [6, 6.07) is 10.5. The minimum atomic E-state index is -0.225. The number of hydrogen-bond acceptors (Lipinski definition) is 2. The lowest BCUT2D eigenvalue weighted by Crippen LogP contribution is -2.49. The molecule has 19 heavy (non-hydrogen) atoms. The van der Waals surface area contributed by atoms with Gasteiger partial charge < -0.3 is 10.2 Å². The van der Waals surface area contributed by atoms with E-state index < -0.39 is 0 Å². The van der Waals surface area contributed by atoms with Crippen LogP contribution in [0.1, 0.15) is 31.2 Å². The molecule has 1 aliphatic heterocycles. The summed E-state index contributed by atoms with van der Waals surface area (Å²) in [6.07, 6.45) is 4.28. The summed E-state index contributed by atoms with van der Waals surface area (Å²) in [4.78, 5) is 14.9. The van der Waals surface area contributed by atoms with E-state index in [4.69, 9.17) is 0 Å². The molecule has 1 N–H and O–H groups in total. The van der Waals surface area contributed by atoms with E-state index in [-0.39, 0.29) is 11.3 Å².